The molecule has 0 fully saturated rings. The Labute approximate surface area is 106 Å². The van der Waals surface area contributed by atoms with Gasteiger partial charge >= 0.3 is 0 Å². The molecule has 104 valence electrons. The van der Waals surface area contributed by atoms with Gasteiger partial charge in [0.2, 0.25) is 0 Å². The van der Waals surface area contributed by atoms with Crippen LogP contribution in [0.1, 0.15) is 26.2 Å². The van der Waals surface area contributed by atoms with Crippen molar-refractivity contribution in [2.75, 3.05) is 53.7 Å². The van der Waals surface area contributed by atoms with Crippen LogP contribution in [0.3, 0.4) is 0 Å². The van der Waals surface area contributed by atoms with E-state index in [1.54, 1.807) is 14.2 Å². The summed E-state index contributed by atoms with van der Waals surface area (Å²) in [7, 11) is 3.43. The highest BCUT2D eigenvalue weighted by Crippen LogP contribution is 2.09. The quantitative estimate of drug-likeness (QED) is 0.503. The summed E-state index contributed by atoms with van der Waals surface area (Å²) < 4.78 is 15.4. The van der Waals surface area contributed by atoms with Gasteiger partial charge in [0.1, 0.15) is 0 Å². The van der Waals surface area contributed by atoms with Crippen LogP contribution in [0.5, 0.6) is 0 Å². The van der Waals surface area contributed by atoms with E-state index in [2.05, 4.69) is 12.2 Å². The monoisotopic (exact) mass is 247 g/mol. The zero-order chi connectivity index (χ0) is 12.8. The topological polar surface area (TPSA) is 39.7 Å². The fraction of sp³-hybridized carbons (Fsp3) is 1.00. The van der Waals surface area contributed by atoms with Crippen molar-refractivity contribution < 1.29 is 14.2 Å². The Morgan fingerprint density at radius 2 is 1.76 bits per heavy atom. The van der Waals surface area contributed by atoms with Crippen LogP contribution in [0.2, 0.25) is 0 Å². The summed E-state index contributed by atoms with van der Waals surface area (Å²) in [5.74, 6) is 0.748. The Morgan fingerprint density at radius 1 is 1.00 bits per heavy atom. The van der Waals surface area contributed by atoms with Crippen molar-refractivity contribution in [3.05, 3.63) is 0 Å². The van der Waals surface area contributed by atoms with Gasteiger partial charge in [0.25, 0.3) is 0 Å². The second kappa shape index (κ2) is 13.9. The van der Waals surface area contributed by atoms with Crippen molar-refractivity contribution in [2.24, 2.45) is 5.92 Å². The third-order valence-electron chi connectivity index (χ3n) is 2.83. The fourth-order valence-corrected chi connectivity index (χ4v) is 1.65. The Bertz CT molecular complexity index is 145. The number of nitrogens with one attached hydrogen (secondary N) is 1. The summed E-state index contributed by atoms with van der Waals surface area (Å²) in [5.41, 5.74) is 0. The van der Waals surface area contributed by atoms with Crippen molar-refractivity contribution in [1.29, 1.82) is 0 Å². The molecule has 0 aromatic heterocycles. The molecule has 0 aliphatic carbocycles. The predicted octanol–water partition coefficient (Wildman–Crippen LogP) is 1.69. The smallest absolute Gasteiger partial charge is 0.0700 e. The van der Waals surface area contributed by atoms with Gasteiger partial charge in [-0.25, -0.2) is 0 Å². The van der Waals surface area contributed by atoms with Crippen molar-refractivity contribution in [3.63, 3.8) is 0 Å². The van der Waals surface area contributed by atoms with Gasteiger partial charge in [0, 0.05) is 27.4 Å². The molecular weight excluding hydrogens is 218 g/mol. The molecule has 0 radical (unpaired) electrons. The molecule has 0 aliphatic rings. The zero-order valence-corrected chi connectivity index (χ0v) is 11.7. The standard InChI is InChI=1S/C13H29NO3/c1-4-13(12-14-7-9-15-2)6-5-8-17-11-10-16-3/h13-14H,4-12H2,1-3H3. The van der Waals surface area contributed by atoms with Gasteiger partial charge in [-0.3, -0.25) is 0 Å². The van der Waals surface area contributed by atoms with E-state index < -0.39 is 0 Å². The van der Waals surface area contributed by atoms with E-state index >= 15 is 0 Å². The molecule has 0 amide bonds. The van der Waals surface area contributed by atoms with Crippen LogP contribution in [0, 0.1) is 5.92 Å². The predicted molar refractivity (Wildman–Crippen MR) is 70.5 cm³/mol. The van der Waals surface area contributed by atoms with E-state index in [0.717, 1.165) is 38.6 Å². The maximum absolute atomic E-state index is 5.45. The highest BCUT2D eigenvalue weighted by molar-refractivity contribution is 4.60. The molecule has 0 aliphatic heterocycles. The first kappa shape index (κ1) is 16.8. The van der Waals surface area contributed by atoms with E-state index in [0.29, 0.717) is 13.2 Å². The summed E-state index contributed by atoms with van der Waals surface area (Å²) in [6.45, 7) is 7.30. The maximum Gasteiger partial charge on any atom is 0.0700 e. The minimum atomic E-state index is 0.690. The van der Waals surface area contributed by atoms with E-state index in [4.69, 9.17) is 14.2 Å². The van der Waals surface area contributed by atoms with E-state index in [1.807, 2.05) is 0 Å². The molecule has 4 heteroatoms. The Balaban J connectivity index is 3.28. The highest BCUT2D eigenvalue weighted by Gasteiger charge is 2.05. The molecule has 1 atom stereocenters. The summed E-state index contributed by atoms with van der Waals surface area (Å²) in [4.78, 5) is 0. The van der Waals surface area contributed by atoms with E-state index in [-0.39, 0.29) is 0 Å². The Kier molecular flexibility index (Phi) is 13.8. The molecule has 1 N–H and O–H groups in total. The number of hydrogen-bond donors (Lipinski definition) is 1. The number of methoxy groups -OCH3 is 2. The van der Waals surface area contributed by atoms with Crippen molar-refractivity contribution >= 4 is 0 Å². The van der Waals surface area contributed by atoms with Crippen LogP contribution in [0.4, 0.5) is 0 Å². The lowest BCUT2D eigenvalue weighted by Gasteiger charge is -2.15. The highest BCUT2D eigenvalue weighted by atomic mass is 16.5. The third kappa shape index (κ3) is 12.1. The van der Waals surface area contributed by atoms with Gasteiger partial charge < -0.3 is 19.5 Å². The maximum atomic E-state index is 5.45. The van der Waals surface area contributed by atoms with Crippen LogP contribution < -0.4 is 5.32 Å². The lowest BCUT2D eigenvalue weighted by Crippen LogP contribution is -2.26. The number of rotatable bonds is 13. The number of ether oxygens (including phenoxy) is 3. The number of hydrogen-bond acceptors (Lipinski definition) is 4. The van der Waals surface area contributed by atoms with E-state index in [1.165, 1.54) is 12.8 Å². The fourth-order valence-electron chi connectivity index (χ4n) is 1.65. The average molecular weight is 247 g/mol. The molecule has 0 spiro atoms. The second-order valence-corrected chi connectivity index (χ2v) is 4.22. The van der Waals surface area contributed by atoms with Crippen LogP contribution >= 0.6 is 0 Å². The van der Waals surface area contributed by atoms with Gasteiger partial charge in [-0.05, 0) is 25.3 Å². The molecule has 0 rings (SSSR count). The SMILES string of the molecule is CCC(CCCOCCOC)CNCCOC. The van der Waals surface area contributed by atoms with Crippen molar-refractivity contribution in [2.45, 2.75) is 26.2 Å². The molecular formula is C13H29NO3. The lowest BCUT2D eigenvalue weighted by atomic mass is 10.0. The summed E-state index contributed by atoms with van der Waals surface area (Å²) in [5, 5.41) is 3.41. The van der Waals surface area contributed by atoms with Crippen molar-refractivity contribution in [3.8, 4) is 0 Å². The molecule has 0 saturated carbocycles. The first-order valence-electron chi connectivity index (χ1n) is 6.61. The minimum absolute atomic E-state index is 0.690. The minimum Gasteiger partial charge on any atom is -0.383 e. The molecule has 1 unspecified atom stereocenters. The van der Waals surface area contributed by atoms with Crippen LogP contribution in [0.25, 0.3) is 0 Å². The lowest BCUT2D eigenvalue weighted by molar-refractivity contribution is 0.0671. The molecule has 4 nitrogen and oxygen atoms in total. The van der Waals surface area contributed by atoms with Gasteiger partial charge in [-0.15, -0.1) is 0 Å². The second-order valence-electron chi connectivity index (χ2n) is 4.22. The van der Waals surface area contributed by atoms with Crippen LogP contribution in [0.15, 0.2) is 0 Å². The van der Waals surface area contributed by atoms with Gasteiger partial charge in [-0.2, -0.15) is 0 Å². The summed E-state index contributed by atoms with van der Waals surface area (Å²) in [6, 6.07) is 0. The molecule has 0 aromatic rings. The van der Waals surface area contributed by atoms with Crippen LogP contribution in [-0.4, -0.2) is 53.7 Å². The molecule has 0 aromatic carbocycles. The Hall–Kier alpha value is -0.160. The zero-order valence-electron chi connectivity index (χ0n) is 11.7. The van der Waals surface area contributed by atoms with Gasteiger partial charge in [0.05, 0.1) is 19.8 Å². The average Bonchev–Trinajstić information content (AvgIpc) is 2.36. The van der Waals surface area contributed by atoms with Gasteiger partial charge in [0.15, 0.2) is 0 Å². The largest absolute Gasteiger partial charge is 0.383 e. The first-order chi connectivity index (χ1) is 8.35. The molecule has 0 saturated heterocycles. The molecule has 17 heavy (non-hydrogen) atoms. The summed E-state index contributed by atoms with van der Waals surface area (Å²) in [6.07, 6.45) is 3.58. The Morgan fingerprint density at radius 3 is 2.41 bits per heavy atom. The summed E-state index contributed by atoms with van der Waals surface area (Å²) >= 11 is 0. The van der Waals surface area contributed by atoms with Crippen LogP contribution in [-0.2, 0) is 14.2 Å². The normalized spacial score (nSPS) is 12.9. The third-order valence-corrected chi connectivity index (χ3v) is 2.83. The van der Waals surface area contributed by atoms with Gasteiger partial charge in [-0.1, -0.05) is 13.3 Å². The molecule has 0 bridgehead atoms. The van der Waals surface area contributed by atoms with E-state index in [9.17, 15) is 0 Å². The molecule has 0 heterocycles. The first-order valence-corrected chi connectivity index (χ1v) is 6.61. The van der Waals surface area contributed by atoms with Crippen molar-refractivity contribution in [1.82, 2.24) is 5.32 Å².